The average molecular weight is 336 g/mol. The van der Waals surface area contributed by atoms with E-state index in [1.165, 1.54) is 16.3 Å². The fourth-order valence-electron chi connectivity index (χ4n) is 2.25. The van der Waals surface area contributed by atoms with Crippen LogP contribution in [0.1, 0.15) is 19.4 Å². The number of ether oxygens (including phenoxy) is 1. The quantitative estimate of drug-likeness (QED) is 0.767. The number of hydrogen-bond donors (Lipinski definition) is 1. The second-order valence-electron chi connectivity index (χ2n) is 5.22. The first-order valence-corrected chi connectivity index (χ1v) is 7.95. The largest absolute Gasteiger partial charge is 0.380 e. The lowest BCUT2D eigenvalue weighted by Gasteiger charge is -2.10. The van der Waals surface area contributed by atoms with Crippen LogP contribution in [0.4, 0.5) is 0 Å². The van der Waals surface area contributed by atoms with Crippen LogP contribution < -0.4 is 5.32 Å². The molecular weight excluding hydrogens is 314 g/mol. The lowest BCUT2D eigenvalue weighted by molar-refractivity contribution is 0.137. The van der Waals surface area contributed by atoms with Crippen molar-refractivity contribution in [2.75, 3.05) is 19.8 Å². The summed E-state index contributed by atoms with van der Waals surface area (Å²) in [6.45, 7) is 6.75. The smallest absolute Gasteiger partial charge is 0.0591 e. The van der Waals surface area contributed by atoms with Gasteiger partial charge in [0.15, 0.2) is 0 Å². The van der Waals surface area contributed by atoms with E-state index in [0.29, 0.717) is 6.04 Å². The third kappa shape index (κ3) is 4.30. The molecule has 2 aromatic rings. The Kier molecular flexibility index (Phi) is 6.02. The predicted molar refractivity (Wildman–Crippen MR) is 89.3 cm³/mol. The summed E-state index contributed by atoms with van der Waals surface area (Å²) in [4.78, 5) is 0. The molecule has 0 heterocycles. The Morgan fingerprint density at radius 3 is 2.55 bits per heavy atom. The normalized spacial score (nSPS) is 11.4. The molecule has 20 heavy (non-hydrogen) atoms. The van der Waals surface area contributed by atoms with Gasteiger partial charge in [0, 0.05) is 17.1 Å². The minimum absolute atomic E-state index is 0.522. The predicted octanol–water partition coefficient (Wildman–Crippen LogP) is 4.16. The summed E-state index contributed by atoms with van der Waals surface area (Å²) in [5.41, 5.74) is 1.35. The highest BCUT2D eigenvalue weighted by Crippen LogP contribution is 2.27. The molecule has 0 atom stereocenters. The van der Waals surface area contributed by atoms with Gasteiger partial charge < -0.3 is 10.1 Å². The second-order valence-corrected chi connectivity index (χ2v) is 6.08. The zero-order chi connectivity index (χ0) is 14.4. The third-order valence-corrected chi connectivity index (χ3v) is 3.97. The van der Waals surface area contributed by atoms with Crippen LogP contribution in [0.15, 0.2) is 40.9 Å². The Bertz CT molecular complexity index is 554. The van der Waals surface area contributed by atoms with Gasteiger partial charge in [-0.05, 0) is 28.8 Å². The Hall–Kier alpha value is -0.900. The van der Waals surface area contributed by atoms with Gasteiger partial charge in [-0.3, -0.25) is 0 Å². The molecule has 0 aliphatic heterocycles. The van der Waals surface area contributed by atoms with E-state index < -0.39 is 0 Å². The SMILES string of the molecule is CC(C)NCCOCCc1ccc(Br)c2ccccc12. The fraction of sp³-hybridized carbons (Fsp3) is 0.412. The van der Waals surface area contributed by atoms with Gasteiger partial charge in [-0.1, -0.05) is 60.1 Å². The summed E-state index contributed by atoms with van der Waals surface area (Å²) in [6.07, 6.45) is 0.954. The van der Waals surface area contributed by atoms with E-state index in [2.05, 4.69) is 71.5 Å². The summed E-state index contributed by atoms with van der Waals surface area (Å²) in [5.74, 6) is 0. The van der Waals surface area contributed by atoms with E-state index in [1.807, 2.05) is 0 Å². The van der Waals surface area contributed by atoms with Gasteiger partial charge in [-0.25, -0.2) is 0 Å². The molecule has 1 N–H and O–H groups in total. The van der Waals surface area contributed by atoms with Gasteiger partial charge >= 0.3 is 0 Å². The van der Waals surface area contributed by atoms with Crippen LogP contribution in [-0.4, -0.2) is 25.8 Å². The monoisotopic (exact) mass is 335 g/mol. The first-order chi connectivity index (χ1) is 9.68. The summed E-state index contributed by atoms with van der Waals surface area (Å²) < 4.78 is 6.84. The third-order valence-electron chi connectivity index (χ3n) is 3.28. The average Bonchev–Trinajstić information content (AvgIpc) is 2.45. The highest BCUT2D eigenvalue weighted by molar-refractivity contribution is 9.10. The molecule has 0 aliphatic rings. The van der Waals surface area contributed by atoms with Crippen molar-refractivity contribution in [2.45, 2.75) is 26.3 Å². The number of hydrogen-bond acceptors (Lipinski definition) is 2. The van der Waals surface area contributed by atoms with Crippen LogP contribution >= 0.6 is 15.9 Å². The van der Waals surface area contributed by atoms with Crippen LogP contribution in [0.2, 0.25) is 0 Å². The van der Waals surface area contributed by atoms with Crippen molar-refractivity contribution < 1.29 is 4.74 Å². The summed E-state index contributed by atoms with van der Waals surface area (Å²) in [6, 6.07) is 13.3. The molecule has 0 amide bonds. The summed E-state index contributed by atoms with van der Waals surface area (Å²) in [5, 5.41) is 5.93. The zero-order valence-electron chi connectivity index (χ0n) is 12.2. The molecule has 0 saturated heterocycles. The van der Waals surface area contributed by atoms with Gasteiger partial charge in [-0.2, -0.15) is 0 Å². The molecule has 2 aromatic carbocycles. The Balaban J connectivity index is 1.89. The van der Waals surface area contributed by atoms with Crippen molar-refractivity contribution in [3.8, 4) is 0 Å². The molecule has 0 radical (unpaired) electrons. The molecule has 0 aliphatic carbocycles. The van der Waals surface area contributed by atoms with E-state index in [9.17, 15) is 0 Å². The number of halogens is 1. The van der Waals surface area contributed by atoms with Crippen molar-refractivity contribution in [3.63, 3.8) is 0 Å². The maximum Gasteiger partial charge on any atom is 0.0591 e. The van der Waals surface area contributed by atoms with Gasteiger partial charge in [0.25, 0.3) is 0 Å². The van der Waals surface area contributed by atoms with Crippen molar-refractivity contribution in [3.05, 3.63) is 46.4 Å². The summed E-state index contributed by atoms with van der Waals surface area (Å²) >= 11 is 3.61. The van der Waals surface area contributed by atoms with Crippen molar-refractivity contribution in [1.29, 1.82) is 0 Å². The molecular formula is C17H22BrNO. The topological polar surface area (TPSA) is 21.3 Å². The van der Waals surface area contributed by atoms with Crippen LogP contribution in [0, 0.1) is 0 Å². The van der Waals surface area contributed by atoms with Crippen molar-refractivity contribution >= 4 is 26.7 Å². The molecule has 0 fully saturated rings. The van der Waals surface area contributed by atoms with Gasteiger partial charge in [0.2, 0.25) is 0 Å². The maximum absolute atomic E-state index is 5.69. The highest BCUT2D eigenvalue weighted by Gasteiger charge is 2.03. The van der Waals surface area contributed by atoms with Gasteiger partial charge in [-0.15, -0.1) is 0 Å². The molecule has 2 rings (SSSR count). The Morgan fingerprint density at radius 2 is 1.80 bits per heavy atom. The van der Waals surface area contributed by atoms with Crippen LogP contribution in [0.25, 0.3) is 10.8 Å². The first kappa shape index (κ1) is 15.5. The second kappa shape index (κ2) is 7.77. The standard InChI is InChI=1S/C17H22BrNO/c1-13(2)19-10-12-20-11-9-14-7-8-17(18)16-6-4-3-5-15(14)16/h3-8,13,19H,9-12H2,1-2H3. The molecule has 0 aromatic heterocycles. The van der Waals surface area contributed by atoms with Gasteiger partial charge in [0.1, 0.15) is 0 Å². The lowest BCUT2D eigenvalue weighted by Crippen LogP contribution is -2.26. The fourth-order valence-corrected chi connectivity index (χ4v) is 2.72. The van der Waals surface area contributed by atoms with Crippen LogP contribution in [-0.2, 0) is 11.2 Å². The number of benzene rings is 2. The van der Waals surface area contributed by atoms with Gasteiger partial charge in [0.05, 0.1) is 13.2 Å². The van der Waals surface area contributed by atoms with E-state index in [4.69, 9.17) is 4.74 Å². The molecule has 0 spiro atoms. The molecule has 0 saturated carbocycles. The van der Waals surface area contributed by atoms with Crippen molar-refractivity contribution in [1.82, 2.24) is 5.32 Å². The number of nitrogens with one attached hydrogen (secondary N) is 1. The highest BCUT2D eigenvalue weighted by atomic mass is 79.9. The lowest BCUT2D eigenvalue weighted by atomic mass is 10.0. The first-order valence-electron chi connectivity index (χ1n) is 7.15. The Labute approximate surface area is 129 Å². The molecule has 0 bridgehead atoms. The van der Waals surface area contributed by atoms with Crippen LogP contribution in [0.3, 0.4) is 0 Å². The van der Waals surface area contributed by atoms with E-state index in [0.717, 1.165) is 30.7 Å². The van der Waals surface area contributed by atoms with E-state index in [1.54, 1.807) is 0 Å². The molecule has 108 valence electrons. The minimum atomic E-state index is 0.522. The minimum Gasteiger partial charge on any atom is -0.380 e. The molecule has 3 heteroatoms. The van der Waals surface area contributed by atoms with Crippen LogP contribution in [0.5, 0.6) is 0 Å². The Morgan fingerprint density at radius 1 is 1.05 bits per heavy atom. The maximum atomic E-state index is 5.69. The van der Waals surface area contributed by atoms with Crippen molar-refractivity contribution in [2.24, 2.45) is 0 Å². The molecule has 0 unspecified atom stereocenters. The number of fused-ring (bicyclic) bond motifs is 1. The van der Waals surface area contributed by atoms with E-state index in [-0.39, 0.29) is 0 Å². The molecule has 2 nitrogen and oxygen atoms in total. The van der Waals surface area contributed by atoms with E-state index >= 15 is 0 Å². The number of rotatable bonds is 7. The zero-order valence-corrected chi connectivity index (χ0v) is 13.7. The summed E-state index contributed by atoms with van der Waals surface area (Å²) in [7, 11) is 0.